The van der Waals surface area contributed by atoms with Crippen LogP contribution in [0, 0.1) is 21.7 Å². The molecule has 110 valence electrons. The second kappa shape index (κ2) is 6.17. The van der Waals surface area contributed by atoms with Crippen molar-refractivity contribution in [2.75, 3.05) is 12.4 Å². The molecule has 2 aromatic rings. The molecule has 0 fully saturated rings. The molecule has 0 aliphatic carbocycles. The number of benzene rings is 2. The summed E-state index contributed by atoms with van der Waals surface area (Å²) in [4.78, 5) is 10.0. The van der Waals surface area contributed by atoms with Crippen molar-refractivity contribution in [1.29, 1.82) is 0 Å². The largest absolute Gasteiger partial charge is 0.496 e. The van der Waals surface area contributed by atoms with E-state index in [9.17, 15) is 18.9 Å². The van der Waals surface area contributed by atoms with Gasteiger partial charge in [-0.2, -0.15) is 0 Å². The number of halogens is 2. The van der Waals surface area contributed by atoms with Gasteiger partial charge in [-0.05, 0) is 6.07 Å². The van der Waals surface area contributed by atoms with Gasteiger partial charge in [0.25, 0.3) is 5.69 Å². The fourth-order valence-corrected chi connectivity index (χ4v) is 1.91. The Balaban J connectivity index is 2.30. The van der Waals surface area contributed by atoms with E-state index in [4.69, 9.17) is 4.74 Å². The number of rotatable bonds is 5. The van der Waals surface area contributed by atoms with E-state index in [0.717, 1.165) is 0 Å². The number of para-hydroxylation sites is 1. The summed E-state index contributed by atoms with van der Waals surface area (Å²) < 4.78 is 31.9. The number of nitro groups is 1. The number of hydrogen-bond donors (Lipinski definition) is 1. The number of nitrogens with zero attached hydrogens (tertiary/aromatic N) is 1. The van der Waals surface area contributed by atoms with Crippen LogP contribution >= 0.6 is 0 Å². The van der Waals surface area contributed by atoms with Crippen LogP contribution in [0.25, 0.3) is 0 Å². The van der Waals surface area contributed by atoms with Gasteiger partial charge in [0.1, 0.15) is 17.3 Å². The van der Waals surface area contributed by atoms with Crippen LogP contribution in [-0.2, 0) is 6.54 Å². The van der Waals surface area contributed by atoms with Crippen LogP contribution in [0.1, 0.15) is 5.56 Å². The molecule has 7 heteroatoms. The second-order valence-corrected chi connectivity index (χ2v) is 4.20. The topological polar surface area (TPSA) is 64.4 Å². The standard InChI is InChI=1S/C14H12F2N2O3/c1-21-13-5-3-2-4-9(13)8-17-14-11(16)6-10(15)7-12(14)18(19)20/h2-7,17H,8H2,1H3. The molecule has 0 unspecified atom stereocenters. The fraction of sp³-hybridized carbons (Fsp3) is 0.143. The van der Waals surface area contributed by atoms with Gasteiger partial charge in [0.2, 0.25) is 0 Å². The monoisotopic (exact) mass is 294 g/mol. The minimum absolute atomic E-state index is 0.105. The van der Waals surface area contributed by atoms with Gasteiger partial charge in [0, 0.05) is 18.2 Å². The Morgan fingerprint density at radius 3 is 2.67 bits per heavy atom. The molecular formula is C14H12F2N2O3. The van der Waals surface area contributed by atoms with Crippen LogP contribution in [0.4, 0.5) is 20.2 Å². The van der Waals surface area contributed by atoms with Crippen LogP contribution in [0.5, 0.6) is 5.75 Å². The highest BCUT2D eigenvalue weighted by Crippen LogP contribution is 2.29. The van der Waals surface area contributed by atoms with Crippen LogP contribution < -0.4 is 10.1 Å². The van der Waals surface area contributed by atoms with Gasteiger partial charge < -0.3 is 10.1 Å². The van der Waals surface area contributed by atoms with Crippen molar-refractivity contribution >= 4 is 11.4 Å². The summed E-state index contributed by atoms with van der Waals surface area (Å²) in [5, 5.41) is 13.5. The molecule has 1 N–H and O–H groups in total. The molecule has 0 aliphatic heterocycles. The number of nitrogens with one attached hydrogen (secondary N) is 1. The molecule has 5 nitrogen and oxygen atoms in total. The van der Waals surface area contributed by atoms with E-state index in [0.29, 0.717) is 23.4 Å². The average molecular weight is 294 g/mol. The van der Waals surface area contributed by atoms with Crippen molar-refractivity contribution < 1.29 is 18.4 Å². The smallest absolute Gasteiger partial charge is 0.298 e. The predicted octanol–water partition coefficient (Wildman–Crippen LogP) is 3.49. The Labute approximate surface area is 119 Å². The zero-order chi connectivity index (χ0) is 15.4. The van der Waals surface area contributed by atoms with Crippen molar-refractivity contribution in [1.82, 2.24) is 0 Å². The molecular weight excluding hydrogens is 282 g/mol. The zero-order valence-electron chi connectivity index (χ0n) is 11.1. The van der Waals surface area contributed by atoms with Gasteiger partial charge in [-0.15, -0.1) is 0 Å². The van der Waals surface area contributed by atoms with Gasteiger partial charge in [-0.25, -0.2) is 8.78 Å². The molecule has 0 aliphatic rings. The molecule has 21 heavy (non-hydrogen) atoms. The minimum atomic E-state index is -1.02. The molecule has 0 heterocycles. The maximum atomic E-state index is 13.7. The lowest BCUT2D eigenvalue weighted by Gasteiger charge is -2.11. The average Bonchev–Trinajstić information content (AvgIpc) is 2.45. The Morgan fingerprint density at radius 1 is 1.29 bits per heavy atom. The highest BCUT2D eigenvalue weighted by Gasteiger charge is 2.20. The summed E-state index contributed by atoms with van der Waals surface area (Å²) in [5.41, 5.74) is -0.312. The lowest BCUT2D eigenvalue weighted by molar-refractivity contribution is -0.384. The van der Waals surface area contributed by atoms with E-state index < -0.39 is 22.2 Å². The first-order chi connectivity index (χ1) is 10.0. The third-order valence-electron chi connectivity index (χ3n) is 2.88. The van der Waals surface area contributed by atoms with Crippen molar-refractivity contribution in [2.24, 2.45) is 0 Å². The number of anilines is 1. The lowest BCUT2D eigenvalue weighted by atomic mass is 10.2. The van der Waals surface area contributed by atoms with Crippen molar-refractivity contribution in [3.63, 3.8) is 0 Å². The quantitative estimate of drug-likeness (QED) is 0.677. The summed E-state index contributed by atoms with van der Waals surface area (Å²) in [6.45, 7) is 0.105. The van der Waals surface area contributed by atoms with Gasteiger partial charge in [0.05, 0.1) is 18.1 Å². The predicted molar refractivity (Wildman–Crippen MR) is 73.3 cm³/mol. The zero-order valence-corrected chi connectivity index (χ0v) is 11.1. The first-order valence-corrected chi connectivity index (χ1v) is 6.02. The van der Waals surface area contributed by atoms with Crippen molar-refractivity contribution in [3.8, 4) is 5.75 Å². The molecule has 0 saturated heterocycles. The van der Waals surface area contributed by atoms with Crippen LogP contribution in [0.3, 0.4) is 0 Å². The fourth-order valence-electron chi connectivity index (χ4n) is 1.91. The molecule has 0 spiro atoms. The van der Waals surface area contributed by atoms with E-state index in [2.05, 4.69) is 5.32 Å². The number of ether oxygens (including phenoxy) is 1. The number of hydrogen-bond acceptors (Lipinski definition) is 4. The molecule has 2 aromatic carbocycles. The third-order valence-corrected chi connectivity index (χ3v) is 2.88. The van der Waals surface area contributed by atoms with Crippen LogP contribution in [0.15, 0.2) is 36.4 Å². The van der Waals surface area contributed by atoms with E-state index >= 15 is 0 Å². The Kier molecular flexibility index (Phi) is 4.32. The molecule has 0 bridgehead atoms. The number of nitro benzene ring substituents is 1. The molecule has 0 amide bonds. The second-order valence-electron chi connectivity index (χ2n) is 4.20. The molecule has 2 rings (SSSR count). The Morgan fingerprint density at radius 2 is 2.00 bits per heavy atom. The highest BCUT2D eigenvalue weighted by atomic mass is 19.1. The van der Waals surface area contributed by atoms with Gasteiger partial charge in [0.15, 0.2) is 5.82 Å². The highest BCUT2D eigenvalue weighted by molar-refractivity contribution is 5.62. The Hall–Kier alpha value is -2.70. The van der Waals surface area contributed by atoms with Gasteiger partial charge >= 0.3 is 0 Å². The van der Waals surface area contributed by atoms with Gasteiger partial charge in [-0.1, -0.05) is 18.2 Å². The van der Waals surface area contributed by atoms with E-state index in [-0.39, 0.29) is 12.2 Å². The maximum Gasteiger partial charge on any atom is 0.298 e. The van der Waals surface area contributed by atoms with Crippen LogP contribution in [0.2, 0.25) is 0 Å². The molecule has 0 atom stereocenters. The molecule has 0 aromatic heterocycles. The SMILES string of the molecule is COc1ccccc1CNc1c(F)cc(F)cc1[N+](=O)[O-]. The summed E-state index contributed by atoms with van der Waals surface area (Å²) in [6.07, 6.45) is 0. The molecule has 0 radical (unpaired) electrons. The maximum absolute atomic E-state index is 13.7. The van der Waals surface area contributed by atoms with Crippen LogP contribution in [-0.4, -0.2) is 12.0 Å². The summed E-state index contributed by atoms with van der Waals surface area (Å²) >= 11 is 0. The summed E-state index contributed by atoms with van der Waals surface area (Å²) in [5.74, 6) is -1.45. The third kappa shape index (κ3) is 3.25. The van der Waals surface area contributed by atoms with Crippen molar-refractivity contribution in [3.05, 3.63) is 63.7 Å². The van der Waals surface area contributed by atoms with E-state index in [1.807, 2.05) is 0 Å². The lowest BCUT2D eigenvalue weighted by Crippen LogP contribution is -2.06. The summed E-state index contributed by atoms with van der Waals surface area (Å²) in [7, 11) is 1.49. The van der Waals surface area contributed by atoms with Gasteiger partial charge in [-0.3, -0.25) is 10.1 Å². The minimum Gasteiger partial charge on any atom is -0.496 e. The van der Waals surface area contributed by atoms with Crippen molar-refractivity contribution in [2.45, 2.75) is 6.54 Å². The van der Waals surface area contributed by atoms with E-state index in [1.165, 1.54) is 7.11 Å². The van der Waals surface area contributed by atoms with E-state index in [1.54, 1.807) is 24.3 Å². The first kappa shape index (κ1) is 14.7. The summed E-state index contributed by atoms with van der Waals surface area (Å²) in [6, 6.07) is 8.25. The first-order valence-electron chi connectivity index (χ1n) is 6.02. The molecule has 0 saturated carbocycles. The Bertz CT molecular complexity index is 677. The number of methoxy groups -OCH3 is 1. The normalized spacial score (nSPS) is 10.2.